The van der Waals surface area contributed by atoms with E-state index < -0.39 is 12.6 Å². The number of likely N-dealkylation sites (tertiary alicyclic amines) is 1. The van der Waals surface area contributed by atoms with E-state index in [1.807, 2.05) is 0 Å². The molecule has 3 aliphatic rings. The van der Waals surface area contributed by atoms with Crippen molar-refractivity contribution >= 4 is 27.4 Å². The average Bonchev–Trinajstić information content (AvgIpc) is 3.14. The summed E-state index contributed by atoms with van der Waals surface area (Å²) in [5.41, 5.74) is 0.336. The second-order valence-corrected chi connectivity index (χ2v) is 11.2. The lowest BCUT2D eigenvalue weighted by atomic mass is 9.71. The third-order valence-corrected chi connectivity index (χ3v) is 8.82. The minimum atomic E-state index is -4.20. The zero-order chi connectivity index (χ0) is 22.3. The minimum Gasteiger partial charge on any atom is -0.355 e. The van der Waals surface area contributed by atoms with E-state index in [-0.39, 0.29) is 0 Å². The summed E-state index contributed by atoms with van der Waals surface area (Å²) >= 11 is 1.13. The number of piperidine rings is 1. The van der Waals surface area contributed by atoms with Crippen molar-refractivity contribution in [3.8, 4) is 0 Å². The molecule has 2 saturated heterocycles. The molecule has 5 rings (SSSR count). The lowest BCUT2D eigenvalue weighted by Crippen LogP contribution is -2.61. The molecule has 5 nitrogen and oxygen atoms in total. The lowest BCUT2D eigenvalue weighted by Gasteiger charge is -2.55. The van der Waals surface area contributed by atoms with Gasteiger partial charge in [0.2, 0.25) is 0 Å². The molecule has 0 bridgehead atoms. The number of nitrogens with one attached hydrogen (secondary N) is 1. The van der Waals surface area contributed by atoms with Crippen molar-refractivity contribution in [3.05, 3.63) is 17.3 Å². The largest absolute Gasteiger partial charge is 0.393 e. The average molecular weight is 468 g/mol. The molecule has 3 fully saturated rings. The highest BCUT2D eigenvalue weighted by molar-refractivity contribution is 7.18. The fraction of sp³-hybridized carbons (Fsp3) is 0.739. The molecule has 0 atom stereocenters. The van der Waals surface area contributed by atoms with Gasteiger partial charge in [-0.3, -0.25) is 0 Å². The zero-order valence-electron chi connectivity index (χ0n) is 18.6. The number of hydrogen-bond donors (Lipinski definition) is 1. The molecule has 9 heteroatoms. The molecule has 2 aliphatic heterocycles. The van der Waals surface area contributed by atoms with Crippen molar-refractivity contribution in [1.29, 1.82) is 0 Å². The molecule has 0 aromatic carbocycles. The number of anilines is 1. The fourth-order valence-corrected chi connectivity index (χ4v) is 6.89. The number of nitrogens with zero attached hydrogens (tertiary/aromatic N) is 4. The van der Waals surface area contributed by atoms with Gasteiger partial charge in [-0.25, -0.2) is 9.97 Å². The van der Waals surface area contributed by atoms with Crippen molar-refractivity contribution in [3.63, 3.8) is 0 Å². The molecule has 0 unspecified atom stereocenters. The van der Waals surface area contributed by atoms with Crippen LogP contribution in [-0.4, -0.2) is 66.9 Å². The van der Waals surface area contributed by atoms with Gasteiger partial charge in [0, 0.05) is 36.0 Å². The Labute approximate surface area is 191 Å². The summed E-state index contributed by atoms with van der Waals surface area (Å²) in [5, 5.41) is 4.18. The van der Waals surface area contributed by atoms with Crippen LogP contribution >= 0.6 is 11.3 Å². The minimum absolute atomic E-state index is 0.307. The van der Waals surface area contributed by atoms with Crippen molar-refractivity contribution in [1.82, 2.24) is 20.2 Å². The van der Waals surface area contributed by atoms with Gasteiger partial charge >= 0.3 is 6.18 Å². The van der Waals surface area contributed by atoms with Crippen molar-refractivity contribution in [2.45, 2.75) is 57.2 Å². The summed E-state index contributed by atoms with van der Waals surface area (Å²) in [6.07, 6.45) is 4.06. The monoisotopic (exact) mass is 467 g/mol. The Morgan fingerprint density at radius 2 is 1.84 bits per heavy atom. The highest BCUT2D eigenvalue weighted by Gasteiger charge is 2.46. The Morgan fingerprint density at radius 3 is 2.50 bits per heavy atom. The maximum Gasteiger partial charge on any atom is 0.393 e. The smallest absolute Gasteiger partial charge is 0.355 e. The summed E-state index contributed by atoms with van der Waals surface area (Å²) in [6, 6.07) is 2.34. The van der Waals surface area contributed by atoms with Crippen molar-refractivity contribution in [2.75, 3.05) is 44.7 Å². The number of aromatic nitrogens is 2. The summed E-state index contributed by atoms with van der Waals surface area (Å²) < 4.78 is 38.4. The van der Waals surface area contributed by atoms with E-state index in [1.54, 1.807) is 6.07 Å². The number of fused-ring (bicyclic) bond motifs is 1. The van der Waals surface area contributed by atoms with Crippen LogP contribution in [0.1, 0.15) is 43.4 Å². The molecule has 32 heavy (non-hydrogen) atoms. The molecule has 1 N–H and O–H groups in total. The van der Waals surface area contributed by atoms with Gasteiger partial charge in [-0.2, -0.15) is 13.2 Å². The van der Waals surface area contributed by atoms with E-state index in [9.17, 15) is 13.2 Å². The highest BCUT2D eigenvalue weighted by atomic mass is 32.1. The quantitative estimate of drug-likeness (QED) is 0.703. The number of halogens is 3. The summed E-state index contributed by atoms with van der Waals surface area (Å²) in [4.78, 5) is 14.5. The Balaban J connectivity index is 1.16. The van der Waals surface area contributed by atoms with E-state index in [0.29, 0.717) is 21.2 Å². The molecular weight excluding hydrogens is 435 g/mol. The molecular formula is C23H32F3N5S. The Kier molecular flexibility index (Phi) is 6.09. The van der Waals surface area contributed by atoms with Gasteiger partial charge in [0.25, 0.3) is 0 Å². The Bertz CT molecular complexity index is 921. The van der Waals surface area contributed by atoms with E-state index >= 15 is 0 Å². The van der Waals surface area contributed by atoms with Gasteiger partial charge < -0.3 is 15.1 Å². The molecule has 176 valence electrons. The van der Waals surface area contributed by atoms with Gasteiger partial charge in [-0.1, -0.05) is 0 Å². The molecule has 0 radical (unpaired) electrons. The third-order valence-electron chi connectivity index (χ3n) is 7.77. The van der Waals surface area contributed by atoms with Gasteiger partial charge in [0.1, 0.15) is 17.0 Å². The van der Waals surface area contributed by atoms with Crippen LogP contribution in [0, 0.1) is 11.3 Å². The standard InChI is InChI=1S/C23H32F3N5S/c1-27-17-4-2-16(3-5-17)12-30-8-6-22(7-9-30)13-31(14-22)20-19-10-18(11-23(24,25)26)32-21(19)29-15-28-20/h10,15-17,27H,2-9,11-14H2,1H3/t16-,17-. The molecule has 1 spiro atoms. The van der Waals surface area contributed by atoms with Crippen LogP contribution < -0.4 is 10.2 Å². The highest BCUT2D eigenvalue weighted by Crippen LogP contribution is 2.44. The van der Waals surface area contributed by atoms with Crippen molar-refractivity contribution < 1.29 is 13.2 Å². The van der Waals surface area contributed by atoms with E-state index in [2.05, 4.69) is 32.1 Å². The normalized spacial score (nSPS) is 26.6. The lowest BCUT2D eigenvalue weighted by molar-refractivity contribution is -0.126. The zero-order valence-corrected chi connectivity index (χ0v) is 19.4. The first-order chi connectivity index (χ1) is 15.3. The Hall–Kier alpha value is -1.45. The van der Waals surface area contributed by atoms with Crippen LogP contribution in [0.5, 0.6) is 0 Å². The maximum atomic E-state index is 12.8. The summed E-state index contributed by atoms with van der Waals surface area (Å²) in [5.74, 6) is 1.64. The third kappa shape index (κ3) is 4.75. The summed E-state index contributed by atoms with van der Waals surface area (Å²) in [7, 11) is 2.07. The molecule has 1 aliphatic carbocycles. The SMILES string of the molecule is CN[C@H]1CC[C@H](CN2CCC3(CC2)CN(c2ncnc4sc(CC(F)(F)F)cc24)C3)CC1. The van der Waals surface area contributed by atoms with Crippen LogP contribution in [0.25, 0.3) is 10.2 Å². The van der Waals surface area contributed by atoms with Gasteiger partial charge in [0.15, 0.2) is 0 Å². The maximum absolute atomic E-state index is 12.8. The number of thiophene rings is 1. The van der Waals surface area contributed by atoms with Crippen LogP contribution in [0.4, 0.5) is 19.0 Å². The Morgan fingerprint density at radius 1 is 1.12 bits per heavy atom. The first-order valence-corrected chi connectivity index (χ1v) is 12.6. The second-order valence-electron chi connectivity index (χ2n) is 10.1. The van der Waals surface area contributed by atoms with Crippen LogP contribution in [0.2, 0.25) is 0 Å². The first-order valence-electron chi connectivity index (χ1n) is 11.8. The predicted molar refractivity (Wildman–Crippen MR) is 122 cm³/mol. The van der Waals surface area contributed by atoms with E-state index in [1.165, 1.54) is 51.4 Å². The number of rotatable bonds is 5. The number of alkyl halides is 3. The molecule has 1 saturated carbocycles. The summed E-state index contributed by atoms with van der Waals surface area (Å²) in [6.45, 7) is 5.45. The first kappa shape index (κ1) is 22.3. The van der Waals surface area contributed by atoms with Gasteiger partial charge in [0.05, 0.1) is 11.8 Å². The van der Waals surface area contributed by atoms with E-state index in [4.69, 9.17) is 0 Å². The topological polar surface area (TPSA) is 44.3 Å². The van der Waals surface area contributed by atoms with Crippen LogP contribution in [0.15, 0.2) is 12.4 Å². The number of hydrogen-bond acceptors (Lipinski definition) is 6. The molecule has 2 aromatic heterocycles. The predicted octanol–water partition coefficient (Wildman–Crippen LogP) is 4.48. The molecule has 2 aromatic rings. The van der Waals surface area contributed by atoms with Gasteiger partial charge in [-0.15, -0.1) is 11.3 Å². The fourth-order valence-electron chi connectivity index (χ4n) is 5.87. The molecule has 4 heterocycles. The molecule has 0 amide bonds. The second kappa shape index (κ2) is 8.72. The van der Waals surface area contributed by atoms with Crippen LogP contribution in [0.3, 0.4) is 0 Å². The van der Waals surface area contributed by atoms with Crippen molar-refractivity contribution in [2.24, 2.45) is 11.3 Å². The van der Waals surface area contributed by atoms with Crippen LogP contribution in [-0.2, 0) is 6.42 Å². The van der Waals surface area contributed by atoms with E-state index in [0.717, 1.165) is 54.6 Å². The van der Waals surface area contributed by atoms with Gasteiger partial charge in [-0.05, 0) is 70.6 Å².